The van der Waals surface area contributed by atoms with Gasteiger partial charge in [0, 0.05) is 13.0 Å². The maximum absolute atomic E-state index is 12.3. The first-order chi connectivity index (χ1) is 9.12. The van der Waals surface area contributed by atoms with Crippen molar-refractivity contribution in [1.82, 2.24) is 5.32 Å². The zero-order chi connectivity index (χ0) is 13.5. The Morgan fingerprint density at radius 2 is 2.15 bits per heavy atom. The van der Waals surface area contributed by atoms with E-state index in [9.17, 15) is 4.79 Å². The van der Waals surface area contributed by atoms with Crippen LogP contribution in [0.5, 0.6) is 5.75 Å². The number of carbonyl (C=O) groups excluding carboxylic acids is 1. The van der Waals surface area contributed by atoms with E-state index in [0.717, 1.165) is 24.2 Å². The molecule has 0 aromatic heterocycles. The number of rotatable bonds is 4. The molecule has 0 bridgehead atoms. The maximum Gasteiger partial charge on any atom is 0.261 e. The van der Waals surface area contributed by atoms with Gasteiger partial charge in [0.2, 0.25) is 0 Å². The molecule has 3 rings (SSSR count). The van der Waals surface area contributed by atoms with E-state index in [1.165, 1.54) is 0 Å². The molecular formula is C15H21ClN2O2. The minimum atomic E-state index is -0.415. The quantitative estimate of drug-likeness (QED) is 0.888. The van der Waals surface area contributed by atoms with Crippen molar-refractivity contribution in [2.45, 2.75) is 37.8 Å². The summed E-state index contributed by atoms with van der Waals surface area (Å²) in [5.74, 6) is 1.30. The van der Waals surface area contributed by atoms with Crippen LogP contribution in [-0.4, -0.2) is 24.1 Å². The number of hydrogen-bond acceptors (Lipinski definition) is 3. The van der Waals surface area contributed by atoms with Crippen molar-refractivity contribution in [3.8, 4) is 5.75 Å². The van der Waals surface area contributed by atoms with Gasteiger partial charge in [-0.2, -0.15) is 0 Å². The van der Waals surface area contributed by atoms with Gasteiger partial charge in [0.05, 0.1) is 5.54 Å². The molecule has 2 atom stereocenters. The number of ether oxygens (including phenoxy) is 1. The van der Waals surface area contributed by atoms with Crippen molar-refractivity contribution in [2.24, 2.45) is 11.7 Å². The topological polar surface area (TPSA) is 64.3 Å². The van der Waals surface area contributed by atoms with Crippen molar-refractivity contribution < 1.29 is 9.53 Å². The largest absolute Gasteiger partial charge is 0.480 e. The summed E-state index contributed by atoms with van der Waals surface area (Å²) in [5.41, 5.74) is 6.64. The van der Waals surface area contributed by atoms with Crippen molar-refractivity contribution >= 4 is 18.3 Å². The van der Waals surface area contributed by atoms with E-state index < -0.39 is 6.10 Å². The molecule has 1 aliphatic carbocycles. The summed E-state index contributed by atoms with van der Waals surface area (Å²) in [4.78, 5) is 12.3. The molecule has 4 nitrogen and oxygen atoms in total. The molecule has 1 saturated carbocycles. The van der Waals surface area contributed by atoms with E-state index in [4.69, 9.17) is 10.5 Å². The second-order valence-electron chi connectivity index (χ2n) is 5.80. The molecule has 2 unspecified atom stereocenters. The lowest BCUT2D eigenvalue weighted by Crippen LogP contribution is -2.56. The Kier molecular flexibility index (Phi) is 4.25. The lowest BCUT2D eigenvalue weighted by Gasteiger charge is -2.30. The highest BCUT2D eigenvalue weighted by molar-refractivity contribution is 5.85. The summed E-state index contributed by atoms with van der Waals surface area (Å²) in [7, 11) is 0. The molecule has 5 heteroatoms. The van der Waals surface area contributed by atoms with Crippen LogP contribution in [0.1, 0.15) is 25.3 Å². The second kappa shape index (κ2) is 5.62. The van der Waals surface area contributed by atoms with E-state index in [-0.39, 0.29) is 23.9 Å². The summed E-state index contributed by atoms with van der Waals surface area (Å²) < 4.78 is 5.71. The Labute approximate surface area is 125 Å². The van der Waals surface area contributed by atoms with Crippen molar-refractivity contribution in [3.05, 3.63) is 29.8 Å². The van der Waals surface area contributed by atoms with E-state index in [1.54, 1.807) is 0 Å². The normalized spacial score (nSPS) is 23.0. The Balaban J connectivity index is 0.00000147. The molecule has 0 radical (unpaired) electrons. The Bertz CT molecular complexity index is 479. The number of benzene rings is 1. The number of halogens is 1. The highest BCUT2D eigenvalue weighted by Gasteiger charge is 2.43. The highest BCUT2D eigenvalue weighted by Crippen LogP contribution is 2.39. The average molecular weight is 297 g/mol. The molecule has 1 heterocycles. The zero-order valence-electron chi connectivity index (χ0n) is 11.6. The third-order valence-corrected chi connectivity index (χ3v) is 4.25. The summed E-state index contributed by atoms with van der Waals surface area (Å²) in [6, 6.07) is 7.81. The first kappa shape index (κ1) is 15.1. The van der Waals surface area contributed by atoms with Gasteiger partial charge in [0.15, 0.2) is 6.10 Å². The summed E-state index contributed by atoms with van der Waals surface area (Å²) >= 11 is 0. The van der Waals surface area contributed by atoms with E-state index in [1.807, 2.05) is 31.2 Å². The van der Waals surface area contributed by atoms with Crippen LogP contribution in [0.4, 0.5) is 0 Å². The number of hydrogen-bond donors (Lipinski definition) is 2. The Hall–Kier alpha value is -1.26. The van der Waals surface area contributed by atoms with Gasteiger partial charge in [-0.3, -0.25) is 4.79 Å². The number of nitrogens with two attached hydrogens (primary N) is 1. The fraction of sp³-hybridized carbons (Fsp3) is 0.533. The minimum absolute atomic E-state index is 0. The number of fused-ring (bicyclic) bond motifs is 1. The van der Waals surface area contributed by atoms with Crippen molar-refractivity contribution in [2.75, 3.05) is 6.54 Å². The van der Waals surface area contributed by atoms with E-state index >= 15 is 0 Å². The van der Waals surface area contributed by atoms with Gasteiger partial charge in [0.1, 0.15) is 5.75 Å². The molecular weight excluding hydrogens is 276 g/mol. The summed E-state index contributed by atoms with van der Waals surface area (Å²) in [6.45, 7) is 2.51. The molecule has 0 saturated heterocycles. The summed E-state index contributed by atoms with van der Waals surface area (Å²) in [5, 5.41) is 3.09. The predicted molar refractivity (Wildman–Crippen MR) is 80.1 cm³/mol. The van der Waals surface area contributed by atoms with Crippen molar-refractivity contribution in [3.63, 3.8) is 0 Å². The fourth-order valence-electron chi connectivity index (χ4n) is 2.73. The van der Waals surface area contributed by atoms with Gasteiger partial charge >= 0.3 is 0 Å². The van der Waals surface area contributed by atoms with Crippen LogP contribution in [0.3, 0.4) is 0 Å². The van der Waals surface area contributed by atoms with Gasteiger partial charge in [-0.05, 0) is 37.3 Å². The van der Waals surface area contributed by atoms with Crippen LogP contribution in [0.15, 0.2) is 24.3 Å². The molecule has 2 aliphatic rings. The molecule has 20 heavy (non-hydrogen) atoms. The number of carbonyl (C=O) groups is 1. The van der Waals surface area contributed by atoms with Crippen LogP contribution in [0, 0.1) is 5.92 Å². The Morgan fingerprint density at radius 3 is 2.75 bits per heavy atom. The van der Waals surface area contributed by atoms with Gasteiger partial charge in [-0.25, -0.2) is 0 Å². The first-order valence-corrected chi connectivity index (χ1v) is 6.89. The summed E-state index contributed by atoms with van der Waals surface area (Å²) in [6.07, 6.45) is 2.54. The third kappa shape index (κ3) is 2.76. The standard InChI is InChI=1S/C15H20N2O2.ClH/c1-15(9-16,11-6-7-11)17-14(18)13-8-10-4-2-3-5-12(10)19-13;/h2-5,11,13H,6-9,16H2,1H3,(H,17,18);1H. The number of para-hydroxylation sites is 1. The van der Waals surface area contributed by atoms with Gasteiger partial charge in [-0.1, -0.05) is 18.2 Å². The van der Waals surface area contributed by atoms with Gasteiger partial charge in [-0.15, -0.1) is 12.4 Å². The van der Waals surface area contributed by atoms with Crippen LogP contribution in [-0.2, 0) is 11.2 Å². The number of nitrogens with one attached hydrogen (secondary N) is 1. The van der Waals surface area contributed by atoms with Crippen LogP contribution < -0.4 is 15.8 Å². The molecule has 1 fully saturated rings. The van der Waals surface area contributed by atoms with Crippen LogP contribution in [0.2, 0.25) is 0 Å². The van der Waals surface area contributed by atoms with Crippen molar-refractivity contribution in [1.29, 1.82) is 0 Å². The monoisotopic (exact) mass is 296 g/mol. The minimum Gasteiger partial charge on any atom is -0.480 e. The Morgan fingerprint density at radius 1 is 1.45 bits per heavy atom. The van der Waals surface area contributed by atoms with E-state index in [0.29, 0.717) is 18.9 Å². The molecule has 1 amide bonds. The average Bonchev–Trinajstić information content (AvgIpc) is 3.18. The maximum atomic E-state index is 12.3. The SMILES string of the molecule is CC(CN)(NC(=O)C1Cc2ccccc2O1)C1CC1.Cl. The molecule has 1 aliphatic heterocycles. The smallest absolute Gasteiger partial charge is 0.261 e. The number of amides is 1. The first-order valence-electron chi connectivity index (χ1n) is 6.89. The third-order valence-electron chi connectivity index (χ3n) is 4.25. The molecule has 1 aromatic rings. The van der Waals surface area contributed by atoms with Gasteiger partial charge in [0.25, 0.3) is 5.91 Å². The predicted octanol–water partition coefficient (Wildman–Crippen LogP) is 1.66. The lowest BCUT2D eigenvalue weighted by molar-refractivity contribution is -0.129. The van der Waals surface area contributed by atoms with Crippen LogP contribution >= 0.6 is 12.4 Å². The molecule has 1 aromatic carbocycles. The van der Waals surface area contributed by atoms with Crippen LogP contribution in [0.25, 0.3) is 0 Å². The lowest BCUT2D eigenvalue weighted by atomic mass is 9.95. The van der Waals surface area contributed by atoms with E-state index in [2.05, 4.69) is 5.32 Å². The fourth-order valence-corrected chi connectivity index (χ4v) is 2.73. The highest BCUT2D eigenvalue weighted by atomic mass is 35.5. The molecule has 3 N–H and O–H groups in total. The van der Waals surface area contributed by atoms with Gasteiger partial charge < -0.3 is 15.8 Å². The molecule has 0 spiro atoms. The second-order valence-corrected chi connectivity index (χ2v) is 5.80. The molecule has 110 valence electrons. The zero-order valence-corrected chi connectivity index (χ0v) is 12.4.